The Bertz CT molecular complexity index is 1560. The molecule has 2 aromatic carbocycles. The van der Waals surface area contributed by atoms with Crippen LogP contribution in [0.5, 0.6) is 11.5 Å². The summed E-state index contributed by atoms with van der Waals surface area (Å²) in [5.41, 5.74) is 0.816. The highest BCUT2D eigenvalue weighted by atomic mass is 16.7. The molecule has 228 valence electrons. The molecule has 1 saturated heterocycles. The first-order valence-electron chi connectivity index (χ1n) is 13.1. The van der Waals surface area contributed by atoms with Crippen LogP contribution < -0.4 is 14.9 Å². The quantitative estimate of drug-likeness (QED) is 0.261. The van der Waals surface area contributed by atoms with Crippen molar-refractivity contribution in [1.82, 2.24) is 0 Å². The number of esters is 4. The van der Waals surface area contributed by atoms with Crippen LogP contribution in [-0.4, -0.2) is 68.3 Å². The fourth-order valence-corrected chi connectivity index (χ4v) is 4.57. The molecule has 1 fully saturated rings. The largest absolute Gasteiger partial charge is 0.497 e. The Labute approximate surface area is 245 Å². The van der Waals surface area contributed by atoms with Crippen LogP contribution in [0.1, 0.15) is 27.7 Å². The van der Waals surface area contributed by atoms with Gasteiger partial charge in [-0.1, -0.05) is 12.1 Å². The average Bonchev–Trinajstić information content (AvgIpc) is 2.95. The summed E-state index contributed by atoms with van der Waals surface area (Å²) in [6, 6.07) is 11.3. The third-order valence-corrected chi connectivity index (χ3v) is 6.35. The molecule has 0 saturated carbocycles. The normalized spacial score (nSPS) is 21.4. The molecule has 1 aromatic heterocycles. The summed E-state index contributed by atoms with van der Waals surface area (Å²) in [6.07, 6.45) is -5.47. The first-order valence-corrected chi connectivity index (χ1v) is 13.1. The highest BCUT2D eigenvalue weighted by molar-refractivity contribution is 5.83. The van der Waals surface area contributed by atoms with Gasteiger partial charge in [-0.3, -0.25) is 24.0 Å². The minimum Gasteiger partial charge on any atom is -0.497 e. The molecule has 0 aliphatic carbocycles. The molecule has 2 heterocycles. The predicted molar refractivity (Wildman–Crippen MR) is 147 cm³/mol. The average molecular weight is 599 g/mol. The SMILES string of the molecule is COc1ccc(-c2coc3ccc(O[C@@H]4O[C@@H](COC(C)=O)[C@@H](OC(C)=O)[C@H](OC(C)=O)[C@@H]4OC(C)=O)cc3c2=O)cc1. The van der Waals surface area contributed by atoms with Crippen LogP contribution in [0.25, 0.3) is 22.1 Å². The maximum absolute atomic E-state index is 13.5. The zero-order valence-corrected chi connectivity index (χ0v) is 24.0. The Morgan fingerprint density at radius 3 is 1.98 bits per heavy atom. The van der Waals surface area contributed by atoms with E-state index in [1.54, 1.807) is 24.3 Å². The van der Waals surface area contributed by atoms with Crippen molar-refractivity contribution in [2.24, 2.45) is 0 Å². The number of benzene rings is 2. The second kappa shape index (κ2) is 13.4. The van der Waals surface area contributed by atoms with E-state index in [4.69, 9.17) is 37.6 Å². The van der Waals surface area contributed by atoms with Crippen molar-refractivity contribution in [3.8, 4) is 22.6 Å². The summed E-state index contributed by atoms with van der Waals surface area (Å²) in [7, 11) is 1.53. The van der Waals surface area contributed by atoms with Gasteiger partial charge in [0.2, 0.25) is 17.8 Å². The number of fused-ring (bicyclic) bond motifs is 1. The van der Waals surface area contributed by atoms with E-state index in [9.17, 15) is 24.0 Å². The molecule has 3 aromatic rings. The first-order chi connectivity index (χ1) is 20.5. The lowest BCUT2D eigenvalue weighted by atomic mass is 9.98. The summed E-state index contributed by atoms with van der Waals surface area (Å²) < 4.78 is 44.2. The minimum atomic E-state index is -1.46. The molecule has 0 N–H and O–H groups in total. The van der Waals surface area contributed by atoms with Gasteiger partial charge in [-0.15, -0.1) is 0 Å². The van der Waals surface area contributed by atoms with Crippen molar-refractivity contribution in [2.45, 2.75) is 58.4 Å². The Hall–Kier alpha value is -4.91. The Balaban J connectivity index is 1.73. The maximum atomic E-state index is 13.5. The van der Waals surface area contributed by atoms with Crippen molar-refractivity contribution in [3.63, 3.8) is 0 Å². The molecule has 1 aliphatic heterocycles. The lowest BCUT2D eigenvalue weighted by Crippen LogP contribution is -2.63. The van der Waals surface area contributed by atoms with E-state index in [1.807, 2.05) is 0 Å². The van der Waals surface area contributed by atoms with Crippen LogP contribution in [-0.2, 0) is 42.9 Å². The summed E-state index contributed by atoms with van der Waals surface area (Å²) in [5, 5.41) is 0.177. The minimum absolute atomic E-state index is 0.104. The molecular weight excluding hydrogens is 568 g/mol. The van der Waals surface area contributed by atoms with Gasteiger partial charge >= 0.3 is 23.9 Å². The van der Waals surface area contributed by atoms with Crippen molar-refractivity contribution >= 4 is 34.8 Å². The number of hydrogen-bond donors (Lipinski definition) is 0. The van der Waals surface area contributed by atoms with Gasteiger partial charge in [-0.05, 0) is 35.9 Å². The smallest absolute Gasteiger partial charge is 0.303 e. The molecule has 5 atom stereocenters. The molecule has 0 spiro atoms. The van der Waals surface area contributed by atoms with Gasteiger partial charge < -0.3 is 37.6 Å². The van der Waals surface area contributed by atoms with E-state index < -0.39 is 61.2 Å². The van der Waals surface area contributed by atoms with Gasteiger partial charge in [0, 0.05) is 27.7 Å². The van der Waals surface area contributed by atoms with Gasteiger partial charge in [0.25, 0.3) is 0 Å². The van der Waals surface area contributed by atoms with Crippen LogP contribution >= 0.6 is 0 Å². The topological polar surface area (TPSA) is 163 Å². The Morgan fingerprint density at radius 2 is 1.37 bits per heavy atom. The van der Waals surface area contributed by atoms with Crippen molar-refractivity contribution in [2.75, 3.05) is 13.7 Å². The third kappa shape index (κ3) is 7.49. The van der Waals surface area contributed by atoms with Crippen LogP contribution in [0.2, 0.25) is 0 Å². The Morgan fingerprint density at radius 1 is 0.767 bits per heavy atom. The maximum Gasteiger partial charge on any atom is 0.303 e. The van der Waals surface area contributed by atoms with E-state index in [2.05, 4.69) is 0 Å². The van der Waals surface area contributed by atoms with Crippen LogP contribution in [0.15, 0.2) is 57.9 Å². The predicted octanol–water partition coefficient (Wildman–Crippen LogP) is 2.93. The first kappa shape index (κ1) is 31.0. The van der Waals surface area contributed by atoms with E-state index in [0.717, 1.165) is 20.8 Å². The standard InChI is InChI=1S/C30H30O13/c1-15(31)37-14-25-27(39-16(2)32)28(40-17(3)33)29(41-18(4)34)30(43-25)42-21-10-11-24-22(12-21)26(35)23(13-38-24)19-6-8-20(36-5)9-7-19/h6-13,25,27-30H,14H2,1-5H3/t25-,27+,28-,29-,30+/m0/s1. The van der Waals surface area contributed by atoms with Crippen molar-refractivity contribution in [3.05, 3.63) is 59.0 Å². The lowest BCUT2D eigenvalue weighted by molar-refractivity contribution is -0.288. The lowest BCUT2D eigenvalue weighted by Gasteiger charge is -2.43. The number of carbonyl (C=O) groups excluding carboxylic acids is 4. The van der Waals surface area contributed by atoms with Gasteiger partial charge in [-0.25, -0.2) is 0 Å². The van der Waals surface area contributed by atoms with Crippen LogP contribution in [0.3, 0.4) is 0 Å². The van der Waals surface area contributed by atoms with Crippen LogP contribution in [0, 0.1) is 0 Å². The van der Waals surface area contributed by atoms with Crippen molar-refractivity contribution in [1.29, 1.82) is 0 Å². The molecule has 43 heavy (non-hydrogen) atoms. The number of ether oxygens (including phenoxy) is 7. The zero-order valence-electron chi connectivity index (χ0n) is 24.0. The highest BCUT2D eigenvalue weighted by Crippen LogP contribution is 2.32. The van der Waals surface area contributed by atoms with Crippen LogP contribution in [0.4, 0.5) is 0 Å². The number of hydrogen-bond acceptors (Lipinski definition) is 13. The van der Waals surface area contributed by atoms with Crippen molar-refractivity contribution < 1.29 is 56.8 Å². The third-order valence-electron chi connectivity index (χ3n) is 6.35. The monoisotopic (exact) mass is 598 g/mol. The summed E-state index contributed by atoms with van der Waals surface area (Å²) >= 11 is 0. The molecule has 0 bridgehead atoms. The number of carbonyl (C=O) groups is 4. The zero-order chi connectivity index (χ0) is 31.3. The summed E-state index contributed by atoms with van der Waals surface area (Å²) in [6.45, 7) is 4.12. The molecular formula is C30H30O13. The Kier molecular flexibility index (Phi) is 9.66. The molecule has 0 radical (unpaired) electrons. The molecule has 0 unspecified atom stereocenters. The summed E-state index contributed by atoms with van der Waals surface area (Å²) in [5.74, 6) is -2.23. The highest BCUT2D eigenvalue weighted by Gasteiger charge is 2.53. The number of methoxy groups -OCH3 is 1. The molecule has 13 heteroatoms. The second-order valence-corrected chi connectivity index (χ2v) is 9.55. The fourth-order valence-electron chi connectivity index (χ4n) is 4.57. The molecule has 0 amide bonds. The van der Waals surface area contributed by atoms with E-state index in [1.165, 1.54) is 38.5 Å². The fraction of sp³-hybridized carbons (Fsp3) is 0.367. The van der Waals surface area contributed by atoms with Gasteiger partial charge in [-0.2, -0.15) is 0 Å². The van der Waals surface area contributed by atoms with Gasteiger partial charge in [0.1, 0.15) is 36.1 Å². The molecule has 13 nitrogen and oxygen atoms in total. The molecule has 4 rings (SSSR count). The van der Waals surface area contributed by atoms with E-state index >= 15 is 0 Å². The second-order valence-electron chi connectivity index (χ2n) is 9.55. The van der Waals surface area contributed by atoms with E-state index in [-0.39, 0.29) is 22.1 Å². The van der Waals surface area contributed by atoms with E-state index in [0.29, 0.717) is 16.9 Å². The molecule has 1 aliphatic rings. The van der Waals surface area contributed by atoms with Gasteiger partial charge in [0.05, 0.1) is 18.1 Å². The van der Waals surface area contributed by atoms with Gasteiger partial charge in [0.15, 0.2) is 12.2 Å². The number of rotatable bonds is 9. The summed E-state index contributed by atoms with van der Waals surface area (Å²) in [4.78, 5) is 61.1.